The van der Waals surface area contributed by atoms with Crippen LogP contribution in [0.2, 0.25) is 0 Å². The molecule has 2 aliphatic rings. The van der Waals surface area contributed by atoms with Crippen molar-refractivity contribution in [2.75, 3.05) is 33.4 Å². The lowest BCUT2D eigenvalue weighted by Gasteiger charge is -2.34. The monoisotopic (exact) mass is 410 g/mol. The first kappa shape index (κ1) is 21.1. The number of hydrogen-bond acceptors (Lipinski definition) is 5. The van der Waals surface area contributed by atoms with E-state index in [0.29, 0.717) is 43.7 Å². The summed E-state index contributed by atoms with van der Waals surface area (Å²) in [5.41, 5.74) is 0.332. The van der Waals surface area contributed by atoms with Crippen LogP contribution in [0.1, 0.15) is 43.5 Å². The van der Waals surface area contributed by atoms with Crippen LogP contribution < -0.4 is 10.1 Å². The lowest BCUT2D eigenvalue weighted by Crippen LogP contribution is -2.43. The average molecular weight is 411 g/mol. The van der Waals surface area contributed by atoms with Crippen LogP contribution in [-0.2, 0) is 14.8 Å². The van der Waals surface area contributed by atoms with Crippen molar-refractivity contribution in [3.63, 3.8) is 0 Å². The summed E-state index contributed by atoms with van der Waals surface area (Å²) in [6, 6.07) is 4.70. The number of amides is 1. The molecule has 0 bridgehead atoms. The Morgan fingerprint density at radius 2 is 1.93 bits per heavy atom. The molecule has 1 N–H and O–H groups in total. The smallest absolute Gasteiger partial charge is 0.251 e. The fraction of sp³-hybridized carbons (Fsp3) is 0.650. The fourth-order valence-corrected chi connectivity index (χ4v) is 5.57. The van der Waals surface area contributed by atoms with Crippen LogP contribution in [0.15, 0.2) is 23.1 Å². The Morgan fingerprint density at radius 3 is 2.61 bits per heavy atom. The van der Waals surface area contributed by atoms with Gasteiger partial charge in [-0.25, -0.2) is 8.42 Å². The maximum absolute atomic E-state index is 13.1. The lowest BCUT2D eigenvalue weighted by atomic mass is 9.78. The Bertz CT molecular complexity index is 805. The summed E-state index contributed by atoms with van der Waals surface area (Å²) < 4.78 is 38.1. The minimum absolute atomic E-state index is 0.0228. The minimum Gasteiger partial charge on any atom is -0.495 e. The Hall–Kier alpha value is -1.64. The molecule has 0 radical (unpaired) electrons. The highest BCUT2D eigenvalue weighted by atomic mass is 32.2. The second-order valence-electron chi connectivity index (χ2n) is 7.73. The number of morpholine rings is 1. The van der Waals surface area contributed by atoms with Crippen molar-refractivity contribution in [3.05, 3.63) is 23.8 Å². The van der Waals surface area contributed by atoms with Gasteiger partial charge in [0.15, 0.2) is 0 Å². The zero-order valence-electron chi connectivity index (χ0n) is 16.8. The van der Waals surface area contributed by atoms with Gasteiger partial charge in [0, 0.05) is 24.7 Å². The van der Waals surface area contributed by atoms with E-state index in [9.17, 15) is 13.2 Å². The van der Waals surface area contributed by atoms with Gasteiger partial charge in [-0.15, -0.1) is 0 Å². The van der Waals surface area contributed by atoms with Crippen LogP contribution in [-0.4, -0.2) is 58.1 Å². The van der Waals surface area contributed by atoms with Crippen LogP contribution in [0.25, 0.3) is 0 Å². The van der Waals surface area contributed by atoms with E-state index in [-0.39, 0.29) is 22.6 Å². The first-order valence-corrected chi connectivity index (χ1v) is 11.4. The second kappa shape index (κ2) is 8.80. The molecule has 1 saturated heterocycles. The number of carbonyl (C=O) groups excluding carboxylic acids is 1. The number of benzene rings is 1. The summed E-state index contributed by atoms with van der Waals surface area (Å²) in [6.45, 7) is 5.68. The maximum atomic E-state index is 13.1. The van der Waals surface area contributed by atoms with Crippen molar-refractivity contribution in [2.24, 2.45) is 11.8 Å². The van der Waals surface area contributed by atoms with Crippen molar-refractivity contribution in [1.29, 1.82) is 0 Å². The molecule has 1 aromatic carbocycles. The van der Waals surface area contributed by atoms with Crippen LogP contribution in [0, 0.1) is 11.8 Å². The summed E-state index contributed by atoms with van der Waals surface area (Å²) in [4.78, 5) is 12.9. The number of methoxy groups -OCH3 is 1. The third-order valence-corrected chi connectivity index (χ3v) is 7.96. The van der Waals surface area contributed by atoms with Crippen molar-refractivity contribution in [2.45, 2.75) is 44.0 Å². The van der Waals surface area contributed by atoms with Gasteiger partial charge < -0.3 is 14.8 Å². The number of nitrogens with zero attached hydrogens (tertiary/aromatic N) is 1. The summed E-state index contributed by atoms with van der Waals surface area (Å²) in [5, 5.41) is 3.10. The molecular formula is C20H30N2O5S. The zero-order valence-corrected chi connectivity index (χ0v) is 17.6. The number of rotatable bonds is 5. The second-order valence-corrected chi connectivity index (χ2v) is 9.64. The van der Waals surface area contributed by atoms with Crippen molar-refractivity contribution < 1.29 is 22.7 Å². The third-order valence-electron chi connectivity index (χ3n) is 6.04. The molecule has 0 aromatic heterocycles. The summed E-state index contributed by atoms with van der Waals surface area (Å²) in [5.74, 6) is 0.953. The molecule has 0 spiro atoms. The molecule has 8 heteroatoms. The van der Waals surface area contributed by atoms with Crippen LogP contribution in [0.3, 0.4) is 0 Å². The first-order chi connectivity index (χ1) is 13.3. The standard InChI is InChI=1S/C20H30N2O5S/c1-14-5-4-6-17(15(14)2)21-20(23)16-7-8-18(26-3)19(13-16)28(24,25)22-9-11-27-12-10-22/h7-8,13-15,17H,4-6,9-12H2,1-3H3,(H,21,23). The summed E-state index contributed by atoms with van der Waals surface area (Å²) >= 11 is 0. The van der Waals surface area contributed by atoms with Crippen molar-refractivity contribution in [3.8, 4) is 5.75 Å². The molecule has 3 rings (SSSR count). The molecule has 1 saturated carbocycles. The van der Waals surface area contributed by atoms with Gasteiger partial charge in [0.25, 0.3) is 5.91 Å². The predicted octanol–water partition coefficient (Wildman–Crippen LogP) is 2.27. The van der Waals surface area contributed by atoms with Gasteiger partial charge in [0.2, 0.25) is 10.0 Å². The normalized spacial score (nSPS) is 26.6. The van der Waals surface area contributed by atoms with Crippen LogP contribution >= 0.6 is 0 Å². The number of nitrogens with one attached hydrogen (secondary N) is 1. The van der Waals surface area contributed by atoms with Gasteiger partial charge in [-0.05, 0) is 36.5 Å². The van der Waals surface area contributed by atoms with Gasteiger partial charge in [-0.2, -0.15) is 4.31 Å². The summed E-state index contributed by atoms with van der Waals surface area (Å²) in [6.07, 6.45) is 3.22. The summed E-state index contributed by atoms with van der Waals surface area (Å²) in [7, 11) is -2.34. The topological polar surface area (TPSA) is 84.9 Å². The van der Waals surface area contributed by atoms with E-state index in [0.717, 1.165) is 12.8 Å². The van der Waals surface area contributed by atoms with E-state index in [1.807, 2.05) is 0 Å². The van der Waals surface area contributed by atoms with Crippen LogP contribution in [0.4, 0.5) is 0 Å². The predicted molar refractivity (Wildman–Crippen MR) is 106 cm³/mol. The van der Waals surface area contributed by atoms with Crippen molar-refractivity contribution >= 4 is 15.9 Å². The molecule has 1 heterocycles. The maximum Gasteiger partial charge on any atom is 0.251 e. The van der Waals surface area contributed by atoms with E-state index in [2.05, 4.69) is 19.2 Å². The molecule has 7 nitrogen and oxygen atoms in total. The molecule has 3 unspecified atom stereocenters. The molecule has 1 amide bonds. The molecule has 1 aliphatic heterocycles. The van der Waals surface area contributed by atoms with E-state index < -0.39 is 10.0 Å². The van der Waals surface area contributed by atoms with E-state index in [4.69, 9.17) is 9.47 Å². The highest BCUT2D eigenvalue weighted by Gasteiger charge is 2.31. The average Bonchev–Trinajstić information content (AvgIpc) is 2.71. The molecule has 1 aromatic rings. The number of hydrogen-bond donors (Lipinski definition) is 1. The number of ether oxygens (including phenoxy) is 2. The first-order valence-electron chi connectivity index (χ1n) is 9.91. The van der Waals surface area contributed by atoms with E-state index in [1.165, 1.54) is 23.9 Å². The Morgan fingerprint density at radius 1 is 1.21 bits per heavy atom. The lowest BCUT2D eigenvalue weighted by molar-refractivity contribution is 0.0729. The highest BCUT2D eigenvalue weighted by Crippen LogP contribution is 2.31. The Balaban J connectivity index is 1.85. The van der Waals surface area contributed by atoms with Gasteiger partial charge in [0.05, 0.1) is 20.3 Å². The van der Waals surface area contributed by atoms with E-state index >= 15 is 0 Å². The van der Waals surface area contributed by atoms with Gasteiger partial charge in [0.1, 0.15) is 10.6 Å². The highest BCUT2D eigenvalue weighted by molar-refractivity contribution is 7.89. The Labute approximate surface area is 167 Å². The zero-order chi connectivity index (χ0) is 20.3. The SMILES string of the molecule is COc1ccc(C(=O)NC2CCCC(C)C2C)cc1S(=O)(=O)N1CCOCC1. The van der Waals surface area contributed by atoms with Gasteiger partial charge in [-0.3, -0.25) is 4.79 Å². The minimum atomic E-state index is -3.77. The molecule has 2 fully saturated rings. The fourth-order valence-electron chi connectivity index (χ4n) is 3.98. The van der Waals surface area contributed by atoms with Crippen LogP contribution in [0.5, 0.6) is 5.75 Å². The quantitative estimate of drug-likeness (QED) is 0.805. The Kier molecular flexibility index (Phi) is 6.62. The van der Waals surface area contributed by atoms with Gasteiger partial charge in [-0.1, -0.05) is 26.7 Å². The molecule has 156 valence electrons. The van der Waals surface area contributed by atoms with Crippen molar-refractivity contribution in [1.82, 2.24) is 9.62 Å². The number of sulfonamides is 1. The molecule has 1 aliphatic carbocycles. The molecular weight excluding hydrogens is 380 g/mol. The molecule has 28 heavy (non-hydrogen) atoms. The molecule has 3 atom stereocenters. The van der Waals surface area contributed by atoms with E-state index in [1.54, 1.807) is 12.1 Å². The third kappa shape index (κ3) is 4.34. The largest absolute Gasteiger partial charge is 0.495 e. The van der Waals surface area contributed by atoms with Gasteiger partial charge >= 0.3 is 0 Å². The number of carbonyl (C=O) groups is 1.